The molecule has 1 aromatic heterocycles. The second kappa shape index (κ2) is 5.63. The first kappa shape index (κ1) is 14.5. The summed E-state index contributed by atoms with van der Waals surface area (Å²) in [6.07, 6.45) is 3.16. The average Bonchev–Trinajstić information content (AvgIpc) is 2.82. The van der Waals surface area contributed by atoms with Crippen molar-refractivity contribution in [3.63, 3.8) is 0 Å². The molecular formula is C15H20N2O3. The maximum atomic E-state index is 12.1. The van der Waals surface area contributed by atoms with Gasteiger partial charge in [-0.25, -0.2) is 4.79 Å². The van der Waals surface area contributed by atoms with Gasteiger partial charge >= 0.3 is 6.09 Å². The minimum absolute atomic E-state index is 0.129. The van der Waals surface area contributed by atoms with Gasteiger partial charge in [0.2, 0.25) is 0 Å². The predicted octanol–water partition coefficient (Wildman–Crippen LogP) is 2.08. The highest BCUT2D eigenvalue weighted by atomic mass is 16.6. The average molecular weight is 276 g/mol. The molecule has 0 aromatic carbocycles. The summed E-state index contributed by atoms with van der Waals surface area (Å²) in [6.45, 7) is 5.73. The Labute approximate surface area is 118 Å². The SMILES string of the molecule is CC(C)(C)OC(=O)N1CC(c2ccccn2)=C[C@H]1CO. The van der Waals surface area contributed by atoms with Crippen LogP contribution in [0.1, 0.15) is 26.5 Å². The molecule has 1 amide bonds. The summed E-state index contributed by atoms with van der Waals surface area (Å²) < 4.78 is 5.36. The molecule has 0 fully saturated rings. The van der Waals surface area contributed by atoms with Gasteiger partial charge in [0, 0.05) is 6.20 Å². The number of nitrogens with zero attached hydrogens (tertiary/aromatic N) is 2. The normalized spacial score (nSPS) is 18.9. The van der Waals surface area contributed by atoms with E-state index < -0.39 is 11.7 Å². The molecule has 1 aliphatic heterocycles. The van der Waals surface area contributed by atoms with Gasteiger partial charge in [-0.1, -0.05) is 12.1 Å². The third kappa shape index (κ3) is 3.36. The van der Waals surface area contributed by atoms with Crippen LogP contribution in [0.15, 0.2) is 30.5 Å². The summed E-state index contributed by atoms with van der Waals surface area (Å²) in [5, 5.41) is 9.43. The Bertz CT molecular complexity index is 506. The van der Waals surface area contributed by atoms with Gasteiger partial charge < -0.3 is 9.84 Å². The van der Waals surface area contributed by atoms with Gasteiger partial charge in [-0.2, -0.15) is 0 Å². The summed E-state index contributed by atoms with van der Waals surface area (Å²) in [5.74, 6) is 0. The zero-order valence-electron chi connectivity index (χ0n) is 12.0. The molecule has 0 saturated carbocycles. The van der Waals surface area contributed by atoms with Gasteiger partial charge in [0.25, 0.3) is 0 Å². The fourth-order valence-corrected chi connectivity index (χ4v) is 2.07. The lowest BCUT2D eigenvalue weighted by atomic mass is 10.1. The number of hydrogen-bond acceptors (Lipinski definition) is 4. The molecule has 2 heterocycles. The van der Waals surface area contributed by atoms with Gasteiger partial charge in [0.05, 0.1) is 24.9 Å². The lowest BCUT2D eigenvalue weighted by molar-refractivity contribution is 0.0200. The molecule has 20 heavy (non-hydrogen) atoms. The van der Waals surface area contributed by atoms with Crippen LogP contribution in [0.4, 0.5) is 4.79 Å². The fraction of sp³-hybridized carbons (Fsp3) is 0.467. The van der Waals surface area contributed by atoms with Crippen LogP contribution in [0, 0.1) is 0 Å². The highest BCUT2D eigenvalue weighted by molar-refractivity contribution is 5.77. The first-order valence-electron chi connectivity index (χ1n) is 6.63. The van der Waals surface area contributed by atoms with E-state index in [1.165, 1.54) is 4.90 Å². The van der Waals surface area contributed by atoms with Crippen LogP contribution < -0.4 is 0 Å². The number of carbonyl (C=O) groups is 1. The molecule has 1 aromatic rings. The van der Waals surface area contributed by atoms with Crippen molar-refractivity contribution in [3.8, 4) is 0 Å². The van der Waals surface area contributed by atoms with Gasteiger partial charge in [-0.05, 0) is 38.5 Å². The number of aliphatic hydroxyl groups excluding tert-OH is 1. The first-order valence-corrected chi connectivity index (χ1v) is 6.63. The monoisotopic (exact) mass is 276 g/mol. The minimum atomic E-state index is -0.551. The van der Waals surface area contributed by atoms with Crippen LogP contribution in [0.3, 0.4) is 0 Å². The number of pyridine rings is 1. The van der Waals surface area contributed by atoms with E-state index >= 15 is 0 Å². The number of hydrogen-bond donors (Lipinski definition) is 1. The Morgan fingerprint density at radius 2 is 2.25 bits per heavy atom. The number of aromatic nitrogens is 1. The Hall–Kier alpha value is -1.88. The fourth-order valence-electron chi connectivity index (χ4n) is 2.07. The van der Waals surface area contributed by atoms with Crippen molar-refractivity contribution in [2.75, 3.05) is 13.2 Å². The summed E-state index contributed by atoms with van der Waals surface area (Å²) >= 11 is 0. The highest BCUT2D eigenvalue weighted by Gasteiger charge is 2.32. The summed E-state index contributed by atoms with van der Waals surface area (Å²) in [5.41, 5.74) is 1.19. The van der Waals surface area contributed by atoms with Crippen molar-refractivity contribution < 1.29 is 14.6 Å². The third-order valence-corrected chi connectivity index (χ3v) is 2.94. The number of aliphatic hydroxyl groups is 1. The largest absolute Gasteiger partial charge is 0.444 e. The van der Waals surface area contributed by atoms with Crippen molar-refractivity contribution in [2.45, 2.75) is 32.4 Å². The van der Waals surface area contributed by atoms with E-state index in [9.17, 15) is 9.90 Å². The smallest absolute Gasteiger partial charge is 0.411 e. The van der Waals surface area contributed by atoms with E-state index in [-0.39, 0.29) is 12.6 Å². The van der Waals surface area contributed by atoms with Gasteiger partial charge in [-0.15, -0.1) is 0 Å². The zero-order valence-corrected chi connectivity index (χ0v) is 12.0. The van der Waals surface area contributed by atoms with Gasteiger partial charge in [0.1, 0.15) is 5.60 Å². The van der Waals surface area contributed by atoms with Crippen LogP contribution in [0.2, 0.25) is 0 Å². The molecule has 0 bridgehead atoms. The van der Waals surface area contributed by atoms with Crippen LogP contribution in [-0.4, -0.2) is 45.9 Å². The van der Waals surface area contributed by atoms with Crippen molar-refractivity contribution in [1.82, 2.24) is 9.88 Å². The van der Waals surface area contributed by atoms with Gasteiger partial charge in [0.15, 0.2) is 0 Å². The van der Waals surface area contributed by atoms with E-state index in [1.807, 2.05) is 45.0 Å². The summed E-state index contributed by atoms with van der Waals surface area (Å²) in [7, 11) is 0. The zero-order chi connectivity index (χ0) is 14.8. The first-order chi connectivity index (χ1) is 9.40. The highest BCUT2D eigenvalue weighted by Crippen LogP contribution is 2.25. The molecule has 0 spiro atoms. The molecule has 1 atom stereocenters. The number of ether oxygens (including phenoxy) is 1. The molecular weight excluding hydrogens is 256 g/mol. The Morgan fingerprint density at radius 3 is 2.80 bits per heavy atom. The van der Waals surface area contributed by atoms with E-state index in [2.05, 4.69) is 4.98 Å². The quantitative estimate of drug-likeness (QED) is 0.898. The lowest BCUT2D eigenvalue weighted by Crippen LogP contribution is -2.41. The van der Waals surface area contributed by atoms with Crippen LogP contribution in [0.5, 0.6) is 0 Å². The van der Waals surface area contributed by atoms with Gasteiger partial charge in [-0.3, -0.25) is 9.88 Å². The Morgan fingerprint density at radius 1 is 1.50 bits per heavy atom. The topological polar surface area (TPSA) is 62.7 Å². The molecule has 5 heteroatoms. The number of amides is 1. The predicted molar refractivity (Wildman–Crippen MR) is 76.0 cm³/mol. The van der Waals surface area contributed by atoms with E-state index in [0.29, 0.717) is 6.54 Å². The molecule has 0 radical (unpaired) electrons. The Balaban J connectivity index is 2.13. The second-order valence-electron chi connectivity index (χ2n) is 5.77. The molecule has 2 rings (SSSR count). The summed E-state index contributed by atoms with van der Waals surface area (Å²) in [4.78, 5) is 17.9. The number of carbonyl (C=O) groups excluding carboxylic acids is 1. The molecule has 1 N–H and O–H groups in total. The maximum absolute atomic E-state index is 12.1. The van der Waals surface area contributed by atoms with Crippen LogP contribution in [0.25, 0.3) is 5.57 Å². The minimum Gasteiger partial charge on any atom is -0.444 e. The van der Waals surface area contributed by atoms with E-state index in [1.54, 1.807) is 6.20 Å². The Kier molecular flexibility index (Phi) is 4.09. The van der Waals surface area contributed by atoms with E-state index in [0.717, 1.165) is 11.3 Å². The van der Waals surface area contributed by atoms with Crippen molar-refractivity contribution >= 4 is 11.7 Å². The molecule has 0 aliphatic carbocycles. The van der Waals surface area contributed by atoms with Crippen LogP contribution in [-0.2, 0) is 4.74 Å². The van der Waals surface area contributed by atoms with Crippen molar-refractivity contribution in [1.29, 1.82) is 0 Å². The summed E-state index contributed by atoms with van der Waals surface area (Å²) in [6, 6.07) is 5.27. The molecule has 1 aliphatic rings. The lowest BCUT2D eigenvalue weighted by Gasteiger charge is -2.27. The standard InChI is InChI=1S/C15H20N2O3/c1-15(2,3)20-14(19)17-9-11(8-12(17)10-18)13-6-4-5-7-16-13/h4-8,12,18H,9-10H2,1-3H3/t12-/m0/s1. The van der Waals surface area contributed by atoms with Crippen molar-refractivity contribution in [2.24, 2.45) is 0 Å². The van der Waals surface area contributed by atoms with E-state index in [4.69, 9.17) is 4.74 Å². The second-order valence-corrected chi connectivity index (χ2v) is 5.77. The molecule has 0 saturated heterocycles. The molecule has 0 unspecified atom stereocenters. The maximum Gasteiger partial charge on any atom is 0.411 e. The number of rotatable bonds is 2. The third-order valence-electron chi connectivity index (χ3n) is 2.94. The molecule has 5 nitrogen and oxygen atoms in total. The molecule has 108 valence electrons. The van der Waals surface area contributed by atoms with Crippen LogP contribution >= 0.6 is 0 Å². The van der Waals surface area contributed by atoms with Crippen molar-refractivity contribution in [3.05, 3.63) is 36.2 Å².